The predicted molar refractivity (Wildman–Crippen MR) is 273 cm³/mol. The molecule has 16 heteroatoms. The first-order chi connectivity index (χ1) is 35.4. The molecule has 0 bridgehead atoms. The van der Waals surface area contributed by atoms with Gasteiger partial charge in [-0.3, -0.25) is 23.5 Å². The number of benzene rings is 4. The fourth-order valence-electron chi connectivity index (χ4n) is 9.52. The number of esters is 2. The van der Waals surface area contributed by atoms with Gasteiger partial charge in [0.15, 0.2) is 23.4 Å². The van der Waals surface area contributed by atoms with Gasteiger partial charge in [-0.1, -0.05) is 132 Å². The molecule has 376 valence electrons. The molecule has 16 nitrogen and oxygen atoms in total. The van der Waals surface area contributed by atoms with E-state index >= 15 is 0 Å². The molecule has 2 aliphatic carbocycles. The molecule has 0 spiro atoms. The third-order valence-electron chi connectivity index (χ3n) is 13.2. The van der Waals surface area contributed by atoms with Crippen LogP contribution >= 0.6 is 0 Å². The number of imidazole rings is 1. The molecular weight excluding hydrogens is 929 g/mol. The number of hydrogen-bond donors (Lipinski definition) is 2. The van der Waals surface area contributed by atoms with Gasteiger partial charge < -0.3 is 34.3 Å². The molecule has 0 saturated carbocycles. The van der Waals surface area contributed by atoms with Gasteiger partial charge in [0.2, 0.25) is 0 Å². The summed E-state index contributed by atoms with van der Waals surface area (Å²) in [5.74, 6) is -1.61. The monoisotopic (exact) mass is 986 g/mol. The van der Waals surface area contributed by atoms with Crippen molar-refractivity contribution < 1.29 is 42.9 Å². The van der Waals surface area contributed by atoms with E-state index in [4.69, 9.17) is 23.7 Å². The number of aromatic nitrogens is 4. The SMILES string of the molecule is CC(C)=CCCC(C)=CCCC(C)=CCn1cnc2c(ncn2C2CC(OC(=O)CNC(=O)OC3c4ccccc4-c4ccccc43)C(COC(=O)CNC(=O)OC3c4ccccc4-c4ccccc43)O2)c1=O. The fraction of sp³-hybridized carbons (Fsp3) is 0.316. The number of fused-ring (bicyclic) bond motifs is 7. The van der Waals surface area contributed by atoms with Crippen LogP contribution in [0.2, 0.25) is 0 Å². The molecule has 3 heterocycles. The molecule has 2 amide bonds. The summed E-state index contributed by atoms with van der Waals surface area (Å²) >= 11 is 0. The zero-order valence-corrected chi connectivity index (χ0v) is 41.2. The highest BCUT2D eigenvalue weighted by molar-refractivity contribution is 5.83. The van der Waals surface area contributed by atoms with Gasteiger partial charge in [-0.25, -0.2) is 19.6 Å². The van der Waals surface area contributed by atoms with Gasteiger partial charge in [0.05, 0.1) is 6.33 Å². The first-order valence-electron chi connectivity index (χ1n) is 24.5. The lowest BCUT2D eigenvalue weighted by molar-refractivity contribution is -0.157. The third-order valence-corrected chi connectivity index (χ3v) is 13.2. The first kappa shape index (κ1) is 49.9. The van der Waals surface area contributed by atoms with Gasteiger partial charge in [-0.05, 0) is 75.6 Å². The normalized spacial score (nSPS) is 17.0. The molecule has 6 aromatic rings. The van der Waals surface area contributed by atoms with E-state index in [9.17, 15) is 24.0 Å². The summed E-state index contributed by atoms with van der Waals surface area (Å²) in [7, 11) is 0. The molecule has 0 radical (unpaired) electrons. The van der Waals surface area contributed by atoms with E-state index in [1.165, 1.54) is 28.4 Å². The van der Waals surface area contributed by atoms with Crippen molar-refractivity contribution in [2.75, 3.05) is 19.7 Å². The zero-order valence-electron chi connectivity index (χ0n) is 41.2. The number of nitrogens with zero attached hydrogens (tertiary/aromatic N) is 4. The Morgan fingerprint density at radius 1 is 0.644 bits per heavy atom. The van der Waals surface area contributed by atoms with Gasteiger partial charge >= 0.3 is 24.1 Å². The molecule has 2 N–H and O–H groups in total. The van der Waals surface area contributed by atoms with Crippen LogP contribution in [0.3, 0.4) is 0 Å². The van der Waals surface area contributed by atoms with E-state index in [0.29, 0.717) is 6.54 Å². The van der Waals surface area contributed by atoms with Gasteiger partial charge in [-0.15, -0.1) is 0 Å². The quantitative estimate of drug-likeness (QED) is 0.0472. The smallest absolute Gasteiger partial charge is 0.408 e. The molecule has 4 aromatic carbocycles. The lowest BCUT2D eigenvalue weighted by Gasteiger charge is -2.20. The van der Waals surface area contributed by atoms with Gasteiger partial charge in [-0.2, -0.15) is 0 Å². The average Bonchev–Trinajstić information content (AvgIpc) is 4.16. The van der Waals surface area contributed by atoms with E-state index < -0.39 is 67.9 Å². The number of nitrogens with one attached hydrogen (secondary N) is 2. The minimum absolute atomic E-state index is 0.0456. The van der Waals surface area contributed by atoms with Crippen LogP contribution in [0.15, 0.2) is 149 Å². The summed E-state index contributed by atoms with van der Waals surface area (Å²) < 4.78 is 32.5. The molecule has 3 unspecified atom stereocenters. The van der Waals surface area contributed by atoms with E-state index in [2.05, 4.69) is 53.5 Å². The highest BCUT2D eigenvalue weighted by Gasteiger charge is 2.41. The number of amides is 2. The molecule has 3 atom stereocenters. The van der Waals surface area contributed by atoms with Crippen LogP contribution in [0.4, 0.5) is 9.59 Å². The lowest BCUT2D eigenvalue weighted by Crippen LogP contribution is -2.38. The Kier molecular flexibility index (Phi) is 15.4. The number of alkyl carbamates (subject to hydrolysis) is 2. The highest BCUT2D eigenvalue weighted by atomic mass is 16.6. The van der Waals surface area contributed by atoms with Crippen molar-refractivity contribution in [2.45, 2.75) is 97.0 Å². The minimum Gasteiger partial charge on any atom is -0.461 e. The van der Waals surface area contributed by atoms with Crippen molar-refractivity contribution >= 4 is 35.3 Å². The van der Waals surface area contributed by atoms with Crippen molar-refractivity contribution in [3.8, 4) is 22.3 Å². The zero-order chi connectivity index (χ0) is 51.0. The standard InChI is InChI=1S/C57H58N6O10/c1-35(2)15-13-16-36(3)17-14-18-37(4)27-28-62-33-61-54-51(55(62)66)60-34-63(54)48-29-46(71-50(65)31-59-57(68)73-53-44-25-11-7-21-40(44)41-22-8-12-26-45(41)53)47(70-48)32-69-49(64)30-58-56(67)72-52-42-23-9-5-19-38(42)39-20-6-10-24-43(39)52/h5-12,15,17,19-27,33-34,46-48,52-53H,13-14,16,18,28-32H2,1-4H3,(H,58,67)(H,59,68). The minimum atomic E-state index is -1.02. The highest BCUT2D eigenvalue weighted by Crippen LogP contribution is 2.46. The van der Waals surface area contributed by atoms with Gasteiger partial charge in [0.1, 0.15) is 44.5 Å². The number of allylic oxidation sites excluding steroid dienone is 6. The summed E-state index contributed by atoms with van der Waals surface area (Å²) in [6, 6.07) is 30.6. The number of carbonyl (C=O) groups is 4. The first-order valence-corrected chi connectivity index (χ1v) is 24.5. The molecular formula is C57H58N6O10. The van der Waals surface area contributed by atoms with Gasteiger partial charge in [0.25, 0.3) is 5.56 Å². The molecule has 73 heavy (non-hydrogen) atoms. The Hall–Kier alpha value is -8.11. The molecule has 1 aliphatic heterocycles. The molecule has 9 rings (SSSR count). The largest absolute Gasteiger partial charge is 0.461 e. The van der Waals surface area contributed by atoms with Crippen LogP contribution in [0, 0.1) is 0 Å². The van der Waals surface area contributed by atoms with E-state index in [0.717, 1.165) is 75.8 Å². The second-order valence-corrected chi connectivity index (χ2v) is 18.7. The fourth-order valence-corrected chi connectivity index (χ4v) is 9.52. The van der Waals surface area contributed by atoms with Gasteiger partial charge in [0, 0.05) is 35.2 Å². The molecule has 3 aliphatic rings. The molecule has 1 fully saturated rings. The summed E-state index contributed by atoms with van der Waals surface area (Å²) in [5, 5.41) is 4.98. The maximum Gasteiger partial charge on any atom is 0.408 e. The Bertz CT molecular complexity index is 3110. The van der Waals surface area contributed by atoms with Crippen LogP contribution in [0.25, 0.3) is 33.4 Å². The third kappa shape index (κ3) is 11.5. The van der Waals surface area contributed by atoms with Crippen LogP contribution in [0.5, 0.6) is 0 Å². The maximum atomic E-state index is 13.7. The summed E-state index contributed by atoms with van der Waals surface area (Å²) in [6.45, 7) is 7.28. The van der Waals surface area contributed by atoms with Crippen molar-refractivity contribution in [2.24, 2.45) is 0 Å². The lowest BCUT2D eigenvalue weighted by atomic mass is 10.1. The average molecular weight is 987 g/mol. The van der Waals surface area contributed by atoms with Crippen molar-refractivity contribution in [1.29, 1.82) is 0 Å². The van der Waals surface area contributed by atoms with Crippen LogP contribution < -0.4 is 16.2 Å². The summed E-state index contributed by atoms with van der Waals surface area (Å²) in [4.78, 5) is 75.5. The number of hydrogen-bond acceptors (Lipinski definition) is 12. The Morgan fingerprint density at radius 3 is 1.70 bits per heavy atom. The maximum absolute atomic E-state index is 13.7. The molecule has 1 saturated heterocycles. The molecule has 2 aromatic heterocycles. The summed E-state index contributed by atoms with van der Waals surface area (Å²) in [6.07, 6.45) is 7.42. The summed E-state index contributed by atoms with van der Waals surface area (Å²) in [5.41, 5.74) is 11.0. The predicted octanol–water partition coefficient (Wildman–Crippen LogP) is 9.75. The number of rotatable bonds is 18. The van der Waals surface area contributed by atoms with E-state index in [-0.39, 0.29) is 29.8 Å². The number of carbonyl (C=O) groups excluding carboxylic acids is 4. The van der Waals surface area contributed by atoms with Crippen molar-refractivity contribution in [3.05, 3.63) is 177 Å². The Balaban J connectivity index is 0.835. The second-order valence-electron chi connectivity index (χ2n) is 18.7. The Morgan fingerprint density at radius 2 is 1.15 bits per heavy atom. The number of ether oxygens (including phenoxy) is 5. The van der Waals surface area contributed by atoms with Crippen molar-refractivity contribution in [1.82, 2.24) is 29.7 Å². The van der Waals surface area contributed by atoms with Crippen molar-refractivity contribution in [3.63, 3.8) is 0 Å². The van der Waals surface area contributed by atoms with Crippen LogP contribution in [0.1, 0.15) is 100 Å². The van der Waals surface area contributed by atoms with Crippen LogP contribution in [-0.4, -0.2) is 75.1 Å². The topological polar surface area (TPSA) is 191 Å². The Labute approximate surface area is 422 Å². The van der Waals surface area contributed by atoms with E-state index in [1.807, 2.05) is 110 Å². The van der Waals surface area contributed by atoms with Crippen LogP contribution in [-0.2, 0) is 39.8 Å². The van der Waals surface area contributed by atoms with E-state index in [1.54, 1.807) is 4.57 Å². The second kappa shape index (κ2) is 22.5.